The molecule has 1 aromatic rings. The van der Waals surface area contributed by atoms with E-state index in [0.29, 0.717) is 18.2 Å². The first-order chi connectivity index (χ1) is 14.4. The van der Waals surface area contributed by atoms with Crippen LogP contribution in [0.5, 0.6) is 0 Å². The minimum absolute atomic E-state index is 0.0259. The van der Waals surface area contributed by atoms with E-state index < -0.39 is 0 Å². The van der Waals surface area contributed by atoms with Crippen molar-refractivity contribution in [1.82, 2.24) is 20.9 Å². The molecular formula is C24H43N5O. The maximum atomic E-state index is 12.4. The highest BCUT2D eigenvalue weighted by atomic mass is 16.1. The number of nitrogens with one attached hydrogen (secondary N) is 3. The Morgan fingerprint density at radius 2 is 1.80 bits per heavy atom. The normalized spacial score (nSPS) is 13.8. The Kier molecular flexibility index (Phi) is 12.8. The van der Waals surface area contributed by atoms with Gasteiger partial charge in [0, 0.05) is 24.2 Å². The van der Waals surface area contributed by atoms with Crippen molar-refractivity contribution in [3.63, 3.8) is 0 Å². The zero-order chi connectivity index (χ0) is 22.4. The van der Waals surface area contributed by atoms with E-state index in [1.807, 2.05) is 31.2 Å². The van der Waals surface area contributed by atoms with Crippen LogP contribution in [0.1, 0.15) is 76.7 Å². The van der Waals surface area contributed by atoms with Gasteiger partial charge in [-0.3, -0.25) is 4.79 Å². The molecule has 1 amide bonds. The third kappa shape index (κ3) is 10.1. The number of benzene rings is 1. The Balaban J connectivity index is 2.65. The first kappa shape index (κ1) is 26.0. The zero-order valence-corrected chi connectivity index (χ0v) is 19.9. The largest absolute Gasteiger partial charge is 0.357 e. The molecule has 170 valence electrons. The molecule has 0 radical (unpaired) electrons. The number of guanidine groups is 1. The van der Waals surface area contributed by atoms with Gasteiger partial charge >= 0.3 is 0 Å². The summed E-state index contributed by atoms with van der Waals surface area (Å²) < 4.78 is 0. The molecule has 0 bridgehead atoms. The summed E-state index contributed by atoms with van der Waals surface area (Å²) in [4.78, 5) is 19.6. The van der Waals surface area contributed by atoms with Crippen LogP contribution in [0.25, 0.3) is 0 Å². The number of aliphatic imine (C=N–C) groups is 1. The van der Waals surface area contributed by atoms with Crippen LogP contribution < -0.4 is 16.0 Å². The van der Waals surface area contributed by atoms with Gasteiger partial charge in [-0.25, -0.2) is 4.99 Å². The molecule has 3 N–H and O–H groups in total. The quantitative estimate of drug-likeness (QED) is 0.337. The molecule has 2 unspecified atom stereocenters. The molecule has 1 aromatic carbocycles. The Bertz CT molecular complexity index is 642. The molecule has 0 aliphatic rings. The van der Waals surface area contributed by atoms with Crippen LogP contribution in [-0.2, 0) is 6.54 Å². The molecule has 6 heteroatoms. The fourth-order valence-corrected chi connectivity index (χ4v) is 3.18. The molecule has 0 aliphatic heterocycles. The van der Waals surface area contributed by atoms with Gasteiger partial charge in [0.25, 0.3) is 5.91 Å². The van der Waals surface area contributed by atoms with E-state index in [2.05, 4.69) is 55.5 Å². The summed E-state index contributed by atoms with van der Waals surface area (Å²) in [6.07, 6.45) is 3.19. The van der Waals surface area contributed by atoms with Crippen molar-refractivity contribution in [3.05, 3.63) is 35.4 Å². The Labute approximate surface area is 183 Å². The van der Waals surface area contributed by atoms with Gasteiger partial charge in [0.15, 0.2) is 5.96 Å². The summed E-state index contributed by atoms with van der Waals surface area (Å²) in [5.41, 5.74) is 1.71. The molecule has 2 atom stereocenters. The second-order valence-electron chi connectivity index (χ2n) is 7.89. The van der Waals surface area contributed by atoms with Crippen LogP contribution in [0.2, 0.25) is 0 Å². The lowest BCUT2D eigenvalue weighted by molar-refractivity contribution is 0.0939. The van der Waals surface area contributed by atoms with Crippen molar-refractivity contribution in [2.75, 3.05) is 26.2 Å². The SMILES string of the molecule is CCNC(=NCc1cccc(C(=O)NC(C)CC)c1)NC(C)CCCN(CC)CC. The Hall–Kier alpha value is -2.08. The lowest BCUT2D eigenvalue weighted by Crippen LogP contribution is -2.42. The van der Waals surface area contributed by atoms with Crippen molar-refractivity contribution in [2.45, 2.75) is 79.4 Å². The van der Waals surface area contributed by atoms with E-state index in [9.17, 15) is 4.79 Å². The van der Waals surface area contributed by atoms with Gasteiger partial charge < -0.3 is 20.9 Å². The number of carbonyl (C=O) groups excluding carboxylic acids is 1. The summed E-state index contributed by atoms with van der Waals surface area (Å²) in [5, 5.41) is 9.85. The highest BCUT2D eigenvalue weighted by molar-refractivity contribution is 5.94. The third-order valence-corrected chi connectivity index (χ3v) is 5.33. The van der Waals surface area contributed by atoms with Crippen LogP contribution in [0.4, 0.5) is 0 Å². The minimum atomic E-state index is -0.0259. The summed E-state index contributed by atoms with van der Waals surface area (Å²) in [5.74, 6) is 0.796. The van der Waals surface area contributed by atoms with Crippen molar-refractivity contribution in [1.29, 1.82) is 0 Å². The van der Waals surface area contributed by atoms with Gasteiger partial charge in [0.05, 0.1) is 6.54 Å². The second-order valence-corrected chi connectivity index (χ2v) is 7.89. The number of nitrogens with zero attached hydrogens (tertiary/aromatic N) is 2. The van der Waals surface area contributed by atoms with Crippen molar-refractivity contribution < 1.29 is 4.79 Å². The minimum Gasteiger partial charge on any atom is -0.357 e. The van der Waals surface area contributed by atoms with Crippen LogP contribution in [0.15, 0.2) is 29.3 Å². The van der Waals surface area contributed by atoms with E-state index in [1.165, 1.54) is 6.42 Å². The molecule has 0 aliphatic carbocycles. The summed E-state index contributed by atoms with van der Waals surface area (Å²) in [6, 6.07) is 8.25. The smallest absolute Gasteiger partial charge is 0.251 e. The van der Waals surface area contributed by atoms with Gasteiger partial charge in [-0.2, -0.15) is 0 Å². The lowest BCUT2D eigenvalue weighted by Gasteiger charge is -2.21. The highest BCUT2D eigenvalue weighted by Gasteiger charge is 2.10. The molecular weight excluding hydrogens is 374 g/mol. The van der Waals surface area contributed by atoms with Crippen molar-refractivity contribution in [3.8, 4) is 0 Å². The van der Waals surface area contributed by atoms with Crippen LogP contribution in [0, 0.1) is 0 Å². The molecule has 0 saturated carbocycles. The molecule has 0 spiro atoms. The van der Waals surface area contributed by atoms with Gasteiger partial charge in [-0.1, -0.05) is 32.9 Å². The average molecular weight is 418 g/mol. The van der Waals surface area contributed by atoms with E-state index in [1.54, 1.807) is 0 Å². The number of amides is 1. The number of rotatable bonds is 13. The standard InChI is InChI=1S/C24H43N5O/c1-7-19(5)27-23(30)22-15-11-14-21(17-22)18-26-24(25-8-2)28-20(6)13-12-16-29(9-3)10-4/h11,14-15,17,19-20H,7-10,12-13,16,18H2,1-6H3,(H,27,30)(H2,25,26,28). The van der Waals surface area contributed by atoms with E-state index in [-0.39, 0.29) is 11.9 Å². The summed E-state index contributed by atoms with van der Waals surface area (Å²) >= 11 is 0. The molecule has 0 saturated heterocycles. The molecule has 6 nitrogen and oxygen atoms in total. The average Bonchev–Trinajstić information content (AvgIpc) is 2.75. The van der Waals surface area contributed by atoms with Crippen LogP contribution in [-0.4, -0.2) is 55.0 Å². The monoisotopic (exact) mass is 417 g/mol. The predicted molar refractivity (Wildman–Crippen MR) is 128 cm³/mol. The summed E-state index contributed by atoms with van der Waals surface area (Å²) in [6.45, 7) is 17.5. The maximum absolute atomic E-state index is 12.4. The molecule has 0 fully saturated rings. The van der Waals surface area contributed by atoms with Gasteiger partial charge in [-0.05, 0) is 77.4 Å². The Morgan fingerprint density at radius 3 is 2.43 bits per heavy atom. The number of carbonyl (C=O) groups is 1. The number of hydrogen-bond acceptors (Lipinski definition) is 3. The predicted octanol–water partition coefficient (Wildman–Crippen LogP) is 3.78. The van der Waals surface area contributed by atoms with Gasteiger partial charge in [-0.15, -0.1) is 0 Å². The lowest BCUT2D eigenvalue weighted by atomic mass is 10.1. The number of hydrogen-bond donors (Lipinski definition) is 3. The molecule has 1 rings (SSSR count). The molecule has 30 heavy (non-hydrogen) atoms. The van der Waals surface area contributed by atoms with E-state index in [0.717, 1.165) is 50.5 Å². The van der Waals surface area contributed by atoms with Crippen molar-refractivity contribution in [2.24, 2.45) is 4.99 Å². The van der Waals surface area contributed by atoms with Gasteiger partial charge in [0.2, 0.25) is 0 Å². The fourth-order valence-electron chi connectivity index (χ4n) is 3.18. The molecule has 0 aromatic heterocycles. The van der Waals surface area contributed by atoms with E-state index in [4.69, 9.17) is 4.99 Å². The highest BCUT2D eigenvalue weighted by Crippen LogP contribution is 2.08. The first-order valence-corrected chi connectivity index (χ1v) is 11.6. The van der Waals surface area contributed by atoms with Gasteiger partial charge in [0.1, 0.15) is 0 Å². The molecule has 0 heterocycles. The second kappa shape index (κ2) is 14.8. The summed E-state index contributed by atoms with van der Waals surface area (Å²) in [7, 11) is 0. The fraction of sp³-hybridized carbons (Fsp3) is 0.667. The third-order valence-electron chi connectivity index (χ3n) is 5.33. The van der Waals surface area contributed by atoms with Crippen molar-refractivity contribution >= 4 is 11.9 Å². The van der Waals surface area contributed by atoms with Crippen LogP contribution in [0.3, 0.4) is 0 Å². The zero-order valence-electron chi connectivity index (χ0n) is 19.9. The van der Waals surface area contributed by atoms with E-state index >= 15 is 0 Å². The topological polar surface area (TPSA) is 68.8 Å². The Morgan fingerprint density at radius 1 is 1.07 bits per heavy atom. The maximum Gasteiger partial charge on any atom is 0.251 e. The first-order valence-electron chi connectivity index (χ1n) is 11.6. The van der Waals surface area contributed by atoms with Crippen LogP contribution >= 0.6 is 0 Å².